The van der Waals surface area contributed by atoms with Crippen molar-refractivity contribution in [3.05, 3.63) is 89.1 Å². The lowest BCUT2D eigenvalue weighted by molar-refractivity contribution is -0.147. The number of fused-ring (bicyclic) bond motifs is 2. The average Bonchev–Trinajstić information content (AvgIpc) is 3.30. The van der Waals surface area contributed by atoms with E-state index in [1.807, 2.05) is 49.4 Å². The van der Waals surface area contributed by atoms with Gasteiger partial charge in [0.1, 0.15) is 0 Å². The summed E-state index contributed by atoms with van der Waals surface area (Å²) in [5, 5.41) is 15.3. The Bertz CT molecular complexity index is 1610. The van der Waals surface area contributed by atoms with Crippen LogP contribution in [0, 0.1) is 5.41 Å². The van der Waals surface area contributed by atoms with Gasteiger partial charge in [-0.3, -0.25) is 19.1 Å². The molecule has 2 amide bonds. The van der Waals surface area contributed by atoms with Crippen LogP contribution in [0.25, 0.3) is 10.9 Å². The molecule has 0 bridgehead atoms. The van der Waals surface area contributed by atoms with E-state index < -0.39 is 11.4 Å². The standard InChI is InChI=1S/C31H31ClN4O4/c1-19-15-28(36(20(2)37)24-12-10-23(32)11-13-24)25-7-5-6-8-27(25)35(19)29(38)21-9-14-26-22(16-21)17-33-34(26)18-31(3,4)30(39)40/h5-14,16-17,19,28H,15,18H2,1-4H3,(H,39,40)/t19-,28+/m0/s1. The Labute approximate surface area is 237 Å². The molecule has 2 atom stereocenters. The molecule has 1 aliphatic heterocycles. The number of hydrogen-bond acceptors (Lipinski definition) is 4. The zero-order valence-corrected chi connectivity index (χ0v) is 23.6. The van der Waals surface area contributed by atoms with Crippen molar-refractivity contribution in [3.63, 3.8) is 0 Å². The van der Waals surface area contributed by atoms with Crippen molar-refractivity contribution in [2.75, 3.05) is 9.80 Å². The Balaban J connectivity index is 1.49. The first-order valence-electron chi connectivity index (χ1n) is 13.1. The molecule has 206 valence electrons. The summed E-state index contributed by atoms with van der Waals surface area (Å²) in [6.45, 7) is 7.06. The Morgan fingerprint density at radius 3 is 2.45 bits per heavy atom. The van der Waals surface area contributed by atoms with Crippen molar-refractivity contribution in [1.29, 1.82) is 0 Å². The molecule has 1 aliphatic rings. The van der Waals surface area contributed by atoms with Gasteiger partial charge in [-0.25, -0.2) is 0 Å². The Hall–Kier alpha value is -4.17. The quantitative estimate of drug-likeness (QED) is 0.298. The van der Waals surface area contributed by atoms with Gasteiger partial charge in [0, 0.05) is 40.3 Å². The largest absolute Gasteiger partial charge is 0.481 e. The third-order valence-corrected chi connectivity index (χ3v) is 7.80. The second-order valence-electron chi connectivity index (χ2n) is 11.0. The van der Waals surface area contributed by atoms with Crippen molar-refractivity contribution in [2.24, 2.45) is 5.41 Å². The van der Waals surface area contributed by atoms with E-state index in [0.29, 0.717) is 17.0 Å². The predicted octanol–water partition coefficient (Wildman–Crippen LogP) is 6.33. The maximum absolute atomic E-state index is 14.0. The van der Waals surface area contributed by atoms with E-state index in [9.17, 15) is 19.5 Å². The lowest BCUT2D eigenvalue weighted by Crippen LogP contribution is -2.47. The summed E-state index contributed by atoms with van der Waals surface area (Å²) in [4.78, 5) is 42.1. The number of aromatic nitrogens is 2. The summed E-state index contributed by atoms with van der Waals surface area (Å²) >= 11 is 6.10. The SMILES string of the molecule is CC(=O)N(c1ccc(Cl)cc1)[C@@H]1C[C@H](C)N(C(=O)c2ccc3c(cnn3CC(C)(C)C(=O)O)c2)c2ccccc21. The topological polar surface area (TPSA) is 95.7 Å². The van der Waals surface area contributed by atoms with Gasteiger partial charge in [-0.2, -0.15) is 5.10 Å². The second kappa shape index (κ2) is 10.4. The number of nitrogens with zero attached hydrogens (tertiary/aromatic N) is 4. The molecule has 0 fully saturated rings. The minimum atomic E-state index is -0.989. The van der Waals surface area contributed by atoms with Crippen molar-refractivity contribution in [1.82, 2.24) is 9.78 Å². The number of benzene rings is 3. The number of carboxylic acid groups (broad SMARTS) is 1. The first-order chi connectivity index (χ1) is 19.0. The molecule has 9 heteroatoms. The fourth-order valence-electron chi connectivity index (χ4n) is 5.45. The van der Waals surface area contributed by atoms with Gasteiger partial charge in [0.15, 0.2) is 0 Å². The number of halogens is 1. The van der Waals surface area contributed by atoms with Crippen LogP contribution in [0.4, 0.5) is 11.4 Å². The van der Waals surface area contributed by atoms with Gasteiger partial charge in [-0.15, -0.1) is 0 Å². The minimum absolute atomic E-state index is 0.0948. The Morgan fingerprint density at radius 1 is 1.07 bits per heavy atom. The highest BCUT2D eigenvalue weighted by Crippen LogP contribution is 2.43. The summed E-state index contributed by atoms with van der Waals surface area (Å²) in [7, 11) is 0. The van der Waals surface area contributed by atoms with E-state index in [2.05, 4.69) is 5.10 Å². The Morgan fingerprint density at radius 2 is 1.77 bits per heavy atom. The van der Waals surface area contributed by atoms with Gasteiger partial charge >= 0.3 is 5.97 Å². The fraction of sp³-hybridized carbons (Fsp3) is 0.290. The zero-order chi connectivity index (χ0) is 28.8. The summed E-state index contributed by atoms with van der Waals surface area (Å²) in [5.74, 6) is -1.15. The average molecular weight is 559 g/mol. The molecule has 0 radical (unpaired) electrons. The smallest absolute Gasteiger partial charge is 0.310 e. The molecule has 4 aromatic rings. The molecule has 0 spiro atoms. The van der Waals surface area contributed by atoms with Crippen molar-refractivity contribution < 1.29 is 19.5 Å². The number of carbonyl (C=O) groups is 3. The molecule has 2 heterocycles. The highest BCUT2D eigenvalue weighted by atomic mass is 35.5. The number of carbonyl (C=O) groups excluding carboxylic acids is 2. The highest BCUT2D eigenvalue weighted by molar-refractivity contribution is 6.30. The lowest BCUT2D eigenvalue weighted by Gasteiger charge is -2.43. The van der Waals surface area contributed by atoms with Crippen LogP contribution in [0.1, 0.15) is 56.1 Å². The number of anilines is 2. The minimum Gasteiger partial charge on any atom is -0.481 e. The van der Waals surface area contributed by atoms with Crippen LogP contribution in [0.15, 0.2) is 72.9 Å². The Kier molecular flexibility index (Phi) is 7.14. The van der Waals surface area contributed by atoms with E-state index in [4.69, 9.17) is 11.6 Å². The van der Waals surface area contributed by atoms with Crippen molar-refractivity contribution >= 4 is 51.7 Å². The van der Waals surface area contributed by atoms with Crippen LogP contribution < -0.4 is 9.80 Å². The van der Waals surface area contributed by atoms with E-state index in [1.54, 1.807) is 65.7 Å². The first-order valence-corrected chi connectivity index (χ1v) is 13.5. The van der Waals surface area contributed by atoms with Crippen molar-refractivity contribution in [3.8, 4) is 0 Å². The molecule has 0 saturated carbocycles. The molecule has 40 heavy (non-hydrogen) atoms. The first kappa shape index (κ1) is 27.4. The van der Waals surface area contributed by atoms with E-state index in [1.165, 1.54) is 0 Å². The van der Waals surface area contributed by atoms with Crippen molar-refractivity contribution in [2.45, 2.75) is 52.7 Å². The summed E-state index contributed by atoms with van der Waals surface area (Å²) in [5.41, 5.74) is 2.68. The van der Waals surface area contributed by atoms with E-state index in [0.717, 1.165) is 27.8 Å². The molecular weight excluding hydrogens is 528 g/mol. The third kappa shape index (κ3) is 4.95. The molecule has 0 saturated heterocycles. The molecule has 0 unspecified atom stereocenters. The number of para-hydroxylation sites is 1. The molecule has 1 aromatic heterocycles. The molecule has 0 aliphatic carbocycles. The predicted molar refractivity (Wildman–Crippen MR) is 156 cm³/mol. The monoisotopic (exact) mass is 558 g/mol. The van der Waals surface area contributed by atoms with Gasteiger partial charge in [0.05, 0.1) is 29.7 Å². The zero-order valence-electron chi connectivity index (χ0n) is 22.8. The summed E-state index contributed by atoms with van der Waals surface area (Å²) in [6.07, 6.45) is 2.21. The fourth-order valence-corrected chi connectivity index (χ4v) is 5.57. The summed E-state index contributed by atoms with van der Waals surface area (Å²) < 4.78 is 1.66. The molecule has 5 rings (SSSR count). The van der Waals surface area contributed by atoms with Gasteiger partial charge < -0.3 is 14.9 Å². The molecule has 3 aromatic carbocycles. The van der Waals surface area contributed by atoms with Crippen LogP contribution in [-0.2, 0) is 16.1 Å². The normalized spacial score (nSPS) is 17.0. The second-order valence-corrected chi connectivity index (χ2v) is 11.4. The number of carboxylic acids is 1. The van der Waals surface area contributed by atoms with Crippen LogP contribution in [0.2, 0.25) is 5.02 Å². The van der Waals surface area contributed by atoms with Gasteiger partial charge in [-0.1, -0.05) is 29.8 Å². The molecular formula is C31H31ClN4O4. The molecule has 8 nitrogen and oxygen atoms in total. The van der Waals surface area contributed by atoms with Crippen LogP contribution in [-0.4, -0.2) is 38.7 Å². The van der Waals surface area contributed by atoms with Crippen LogP contribution in [0.5, 0.6) is 0 Å². The highest BCUT2D eigenvalue weighted by Gasteiger charge is 2.38. The van der Waals surface area contributed by atoms with Gasteiger partial charge in [0.25, 0.3) is 5.91 Å². The number of aliphatic carboxylic acids is 1. The van der Waals surface area contributed by atoms with Crippen LogP contribution in [0.3, 0.4) is 0 Å². The third-order valence-electron chi connectivity index (χ3n) is 7.55. The number of rotatable bonds is 6. The number of amides is 2. The van der Waals surface area contributed by atoms with Gasteiger partial charge in [0.2, 0.25) is 5.91 Å². The van der Waals surface area contributed by atoms with E-state index in [-0.39, 0.29) is 30.4 Å². The maximum Gasteiger partial charge on any atom is 0.310 e. The van der Waals surface area contributed by atoms with Crippen LogP contribution >= 0.6 is 11.6 Å². The van der Waals surface area contributed by atoms with E-state index >= 15 is 0 Å². The molecule has 1 N–H and O–H groups in total. The summed E-state index contributed by atoms with van der Waals surface area (Å²) in [6, 6.07) is 19.8. The van der Waals surface area contributed by atoms with Gasteiger partial charge in [-0.05, 0) is 81.3 Å². The number of hydrogen-bond donors (Lipinski definition) is 1. The lowest BCUT2D eigenvalue weighted by atomic mass is 9.89. The maximum atomic E-state index is 14.0.